The van der Waals surface area contributed by atoms with Crippen molar-refractivity contribution >= 4 is 5.91 Å². The predicted molar refractivity (Wildman–Crippen MR) is 54.8 cm³/mol. The van der Waals surface area contributed by atoms with Crippen molar-refractivity contribution in [2.45, 2.75) is 44.7 Å². The largest absolute Gasteiger partial charge is 0.390 e. The maximum atomic E-state index is 11.9. The molecule has 0 saturated heterocycles. The zero-order valence-corrected chi connectivity index (χ0v) is 9.44. The fourth-order valence-electron chi connectivity index (χ4n) is 2.03. The van der Waals surface area contributed by atoms with Gasteiger partial charge in [-0.3, -0.25) is 4.79 Å². The van der Waals surface area contributed by atoms with Crippen LogP contribution in [0.15, 0.2) is 0 Å². The Balaban J connectivity index is 2.48. The second-order valence-electron chi connectivity index (χ2n) is 4.38. The third kappa shape index (κ3) is 3.91. The van der Waals surface area contributed by atoms with E-state index in [9.17, 15) is 18.0 Å². The molecule has 1 fully saturated rings. The Morgan fingerprint density at radius 1 is 1.29 bits per heavy atom. The average Bonchev–Trinajstić information content (AvgIpc) is 2.28. The molecule has 1 rings (SSSR count). The van der Waals surface area contributed by atoms with E-state index in [1.165, 1.54) is 0 Å². The Morgan fingerprint density at radius 3 is 2.35 bits per heavy atom. The molecule has 3 nitrogen and oxygen atoms in total. The zero-order valence-electron chi connectivity index (χ0n) is 9.44. The van der Waals surface area contributed by atoms with E-state index in [-0.39, 0.29) is 0 Å². The minimum atomic E-state index is -4.28. The van der Waals surface area contributed by atoms with Crippen LogP contribution in [0.2, 0.25) is 0 Å². The molecule has 0 radical (unpaired) electrons. The van der Waals surface area contributed by atoms with Crippen LogP contribution in [0, 0.1) is 16.7 Å². The van der Waals surface area contributed by atoms with E-state index in [0.717, 1.165) is 19.3 Å². The summed E-state index contributed by atoms with van der Waals surface area (Å²) in [6, 6.07) is 1.97. The Labute approximate surface area is 98.0 Å². The Morgan fingerprint density at radius 2 is 1.88 bits per heavy atom. The molecule has 1 aliphatic carbocycles. The molecule has 6 heteroatoms. The summed E-state index contributed by atoms with van der Waals surface area (Å²) in [5, 5.41) is 11.3. The highest BCUT2D eigenvalue weighted by atomic mass is 19.4. The topological polar surface area (TPSA) is 52.9 Å². The smallest absolute Gasteiger partial charge is 0.354 e. The molecule has 0 aromatic heterocycles. The van der Waals surface area contributed by atoms with Gasteiger partial charge < -0.3 is 5.32 Å². The standard InChI is InChI=1S/C11H15F3N2O/c12-11(13,14)6-7-16-9(17)10(8-15)4-2-1-3-5-10/h1-7H2,(H,16,17). The lowest BCUT2D eigenvalue weighted by molar-refractivity contribution is -0.138. The van der Waals surface area contributed by atoms with Crippen LogP contribution in [0.5, 0.6) is 0 Å². The number of halogens is 3. The van der Waals surface area contributed by atoms with Crippen molar-refractivity contribution in [3.63, 3.8) is 0 Å². The molecule has 0 atom stereocenters. The van der Waals surface area contributed by atoms with E-state index in [2.05, 4.69) is 5.32 Å². The maximum absolute atomic E-state index is 11.9. The highest BCUT2D eigenvalue weighted by Crippen LogP contribution is 2.35. The Kier molecular flexibility index (Phi) is 4.38. The van der Waals surface area contributed by atoms with E-state index in [0.29, 0.717) is 12.8 Å². The van der Waals surface area contributed by atoms with Crippen molar-refractivity contribution in [2.24, 2.45) is 5.41 Å². The van der Waals surface area contributed by atoms with Crippen LogP contribution in [0.25, 0.3) is 0 Å². The highest BCUT2D eigenvalue weighted by Gasteiger charge is 2.40. The Hall–Kier alpha value is -1.25. The molecular formula is C11H15F3N2O. The van der Waals surface area contributed by atoms with Crippen molar-refractivity contribution in [3.8, 4) is 6.07 Å². The van der Waals surface area contributed by atoms with Crippen molar-refractivity contribution in [1.29, 1.82) is 5.26 Å². The van der Waals surface area contributed by atoms with Gasteiger partial charge in [-0.05, 0) is 12.8 Å². The van der Waals surface area contributed by atoms with Crippen LogP contribution in [0.1, 0.15) is 38.5 Å². The molecular weight excluding hydrogens is 233 g/mol. The molecule has 0 bridgehead atoms. The number of nitrogens with one attached hydrogen (secondary N) is 1. The van der Waals surface area contributed by atoms with Crippen LogP contribution in [0.4, 0.5) is 13.2 Å². The summed E-state index contributed by atoms with van der Waals surface area (Å²) in [5.41, 5.74) is -1.11. The first kappa shape index (κ1) is 13.8. The average molecular weight is 248 g/mol. The SMILES string of the molecule is N#CC1(C(=O)NCCC(F)(F)F)CCCCC1. The van der Waals surface area contributed by atoms with E-state index in [1.807, 2.05) is 6.07 Å². The number of nitriles is 1. The number of hydrogen-bond donors (Lipinski definition) is 1. The molecule has 0 aromatic carbocycles. The van der Waals surface area contributed by atoms with Gasteiger partial charge in [0.1, 0.15) is 5.41 Å². The number of nitrogens with zero attached hydrogens (tertiary/aromatic N) is 1. The molecule has 1 amide bonds. The molecule has 1 N–H and O–H groups in total. The fourth-order valence-corrected chi connectivity index (χ4v) is 2.03. The molecule has 96 valence electrons. The molecule has 17 heavy (non-hydrogen) atoms. The van der Waals surface area contributed by atoms with E-state index in [1.54, 1.807) is 0 Å². The van der Waals surface area contributed by atoms with E-state index >= 15 is 0 Å². The van der Waals surface area contributed by atoms with Crippen molar-refractivity contribution < 1.29 is 18.0 Å². The monoisotopic (exact) mass is 248 g/mol. The minimum absolute atomic E-state index is 0.446. The summed E-state index contributed by atoms with van der Waals surface area (Å²) in [5.74, 6) is -0.552. The summed E-state index contributed by atoms with van der Waals surface area (Å²) in [7, 11) is 0. The van der Waals surface area contributed by atoms with Crippen LogP contribution in [0.3, 0.4) is 0 Å². The van der Waals surface area contributed by atoms with Crippen LogP contribution in [-0.4, -0.2) is 18.6 Å². The van der Waals surface area contributed by atoms with Crippen molar-refractivity contribution in [2.75, 3.05) is 6.54 Å². The molecule has 1 aliphatic rings. The maximum Gasteiger partial charge on any atom is 0.390 e. The van der Waals surface area contributed by atoms with Gasteiger partial charge in [-0.1, -0.05) is 19.3 Å². The minimum Gasteiger partial charge on any atom is -0.354 e. The summed E-state index contributed by atoms with van der Waals surface area (Å²) in [6.45, 7) is -0.453. The molecule has 0 aliphatic heterocycles. The number of amides is 1. The first-order valence-corrected chi connectivity index (χ1v) is 5.66. The van der Waals surface area contributed by atoms with Crippen LogP contribution < -0.4 is 5.32 Å². The summed E-state index contributed by atoms with van der Waals surface area (Å²) in [6.07, 6.45) is -1.91. The van der Waals surface area contributed by atoms with Crippen molar-refractivity contribution in [3.05, 3.63) is 0 Å². The second-order valence-corrected chi connectivity index (χ2v) is 4.38. The summed E-state index contributed by atoms with van der Waals surface area (Å²) >= 11 is 0. The van der Waals surface area contributed by atoms with Crippen LogP contribution in [-0.2, 0) is 4.79 Å². The lowest BCUT2D eigenvalue weighted by Crippen LogP contribution is -2.42. The summed E-state index contributed by atoms with van der Waals surface area (Å²) in [4.78, 5) is 11.7. The number of hydrogen-bond acceptors (Lipinski definition) is 2. The second kappa shape index (κ2) is 5.39. The van der Waals surface area contributed by atoms with Gasteiger partial charge in [-0.2, -0.15) is 18.4 Å². The quantitative estimate of drug-likeness (QED) is 0.834. The van der Waals surface area contributed by atoms with Gasteiger partial charge in [0.15, 0.2) is 0 Å². The lowest BCUT2D eigenvalue weighted by atomic mass is 9.74. The highest BCUT2D eigenvalue weighted by molar-refractivity contribution is 5.85. The van der Waals surface area contributed by atoms with Gasteiger partial charge in [-0.15, -0.1) is 0 Å². The fraction of sp³-hybridized carbons (Fsp3) is 0.818. The van der Waals surface area contributed by atoms with Gasteiger partial charge in [0.25, 0.3) is 0 Å². The van der Waals surface area contributed by atoms with Gasteiger partial charge in [0.05, 0.1) is 12.5 Å². The van der Waals surface area contributed by atoms with E-state index < -0.39 is 30.5 Å². The Bertz CT molecular complexity index is 314. The predicted octanol–water partition coefficient (Wildman–Crippen LogP) is 2.53. The van der Waals surface area contributed by atoms with Crippen LogP contribution >= 0.6 is 0 Å². The normalized spacial score (nSPS) is 19.4. The first-order chi connectivity index (χ1) is 7.90. The molecule has 1 saturated carbocycles. The third-order valence-corrected chi connectivity index (χ3v) is 3.05. The first-order valence-electron chi connectivity index (χ1n) is 5.66. The molecule has 0 unspecified atom stereocenters. The number of rotatable bonds is 3. The number of carbonyl (C=O) groups excluding carboxylic acids is 1. The van der Waals surface area contributed by atoms with Gasteiger partial charge in [0, 0.05) is 6.54 Å². The van der Waals surface area contributed by atoms with Gasteiger partial charge in [-0.25, -0.2) is 0 Å². The number of carbonyl (C=O) groups is 1. The molecule has 0 spiro atoms. The third-order valence-electron chi connectivity index (χ3n) is 3.05. The van der Waals surface area contributed by atoms with Crippen molar-refractivity contribution in [1.82, 2.24) is 5.32 Å². The zero-order chi connectivity index (χ0) is 12.9. The molecule has 0 heterocycles. The molecule has 0 aromatic rings. The van der Waals surface area contributed by atoms with Gasteiger partial charge >= 0.3 is 6.18 Å². The lowest BCUT2D eigenvalue weighted by Gasteiger charge is -2.29. The van der Waals surface area contributed by atoms with E-state index in [4.69, 9.17) is 5.26 Å². The summed E-state index contributed by atoms with van der Waals surface area (Å²) < 4.78 is 35.7. The number of alkyl halides is 3. The van der Waals surface area contributed by atoms with Gasteiger partial charge in [0.2, 0.25) is 5.91 Å².